The predicted molar refractivity (Wildman–Crippen MR) is 88.9 cm³/mol. The number of aromatic nitrogens is 1. The summed E-state index contributed by atoms with van der Waals surface area (Å²) in [5.74, 6) is -1.40. The normalized spacial score (nSPS) is 11.9. The number of hydrogen-bond donors (Lipinski definition) is 2. The SMILES string of the molecule is CNC(=O)NC(=O)C(C)OC(=O)/C=C/c1cccc2cccnc12. The number of benzene rings is 1. The van der Waals surface area contributed by atoms with Gasteiger partial charge in [0.25, 0.3) is 5.91 Å². The molecule has 1 heterocycles. The van der Waals surface area contributed by atoms with Crippen LogP contribution in [0.15, 0.2) is 42.6 Å². The molecule has 1 aromatic heterocycles. The van der Waals surface area contributed by atoms with E-state index in [1.165, 1.54) is 20.0 Å². The van der Waals surface area contributed by atoms with Crippen LogP contribution in [0, 0.1) is 0 Å². The molecule has 2 rings (SSSR count). The smallest absolute Gasteiger partial charge is 0.331 e. The summed E-state index contributed by atoms with van der Waals surface area (Å²) in [6.07, 6.45) is 3.36. The van der Waals surface area contributed by atoms with Crippen LogP contribution in [0.2, 0.25) is 0 Å². The van der Waals surface area contributed by atoms with Crippen LogP contribution in [0.4, 0.5) is 4.79 Å². The molecule has 2 aromatic rings. The van der Waals surface area contributed by atoms with Crippen molar-refractivity contribution in [2.75, 3.05) is 7.05 Å². The van der Waals surface area contributed by atoms with Crippen molar-refractivity contribution in [2.45, 2.75) is 13.0 Å². The van der Waals surface area contributed by atoms with Crippen molar-refractivity contribution in [3.63, 3.8) is 0 Å². The van der Waals surface area contributed by atoms with Gasteiger partial charge in [-0.1, -0.05) is 24.3 Å². The minimum Gasteiger partial charge on any atom is -0.449 e. The summed E-state index contributed by atoms with van der Waals surface area (Å²) in [5.41, 5.74) is 1.52. The van der Waals surface area contributed by atoms with Gasteiger partial charge in [0, 0.05) is 30.3 Å². The molecule has 124 valence electrons. The Labute approximate surface area is 138 Å². The van der Waals surface area contributed by atoms with Crippen LogP contribution in [-0.4, -0.2) is 36.0 Å². The molecular formula is C17H17N3O4. The third-order valence-corrected chi connectivity index (χ3v) is 3.19. The fourth-order valence-corrected chi connectivity index (χ4v) is 1.96. The van der Waals surface area contributed by atoms with Crippen molar-refractivity contribution in [1.29, 1.82) is 0 Å². The third-order valence-electron chi connectivity index (χ3n) is 3.19. The highest BCUT2D eigenvalue weighted by Gasteiger charge is 2.18. The van der Waals surface area contributed by atoms with E-state index in [9.17, 15) is 14.4 Å². The van der Waals surface area contributed by atoms with Crippen molar-refractivity contribution in [1.82, 2.24) is 15.6 Å². The number of urea groups is 1. The molecule has 1 unspecified atom stereocenters. The quantitative estimate of drug-likeness (QED) is 0.657. The van der Waals surface area contributed by atoms with Crippen molar-refractivity contribution in [2.24, 2.45) is 0 Å². The molecule has 2 N–H and O–H groups in total. The van der Waals surface area contributed by atoms with Gasteiger partial charge in [0.15, 0.2) is 6.10 Å². The largest absolute Gasteiger partial charge is 0.449 e. The number of pyridine rings is 1. The highest BCUT2D eigenvalue weighted by molar-refractivity contribution is 5.98. The maximum atomic E-state index is 11.8. The van der Waals surface area contributed by atoms with Crippen LogP contribution in [0.5, 0.6) is 0 Å². The molecule has 0 saturated heterocycles. The van der Waals surface area contributed by atoms with Gasteiger partial charge < -0.3 is 10.1 Å². The summed E-state index contributed by atoms with van der Waals surface area (Å²) in [6.45, 7) is 1.38. The van der Waals surface area contributed by atoms with E-state index < -0.39 is 24.0 Å². The van der Waals surface area contributed by atoms with Gasteiger partial charge in [0.1, 0.15) is 0 Å². The number of imide groups is 1. The van der Waals surface area contributed by atoms with Crippen LogP contribution in [0.25, 0.3) is 17.0 Å². The Balaban J connectivity index is 2.02. The van der Waals surface area contributed by atoms with Crippen LogP contribution < -0.4 is 10.6 Å². The maximum absolute atomic E-state index is 11.8. The molecule has 1 atom stereocenters. The zero-order valence-corrected chi connectivity index (χ0v) is 13.3. The molecule has 3 amide bonds. The molecule has 0 aliphatic rings. The average molecular weight is 327 g/mol. The van der Waals surface area contributed by atoms with Crippen LogP contribution in [-0.2, 0) is 14.3 Å². The lowest BCUT2D eigenvalue weighted by atomic mass is 10.1. The Morgan fingerprint density at radius 2 is 1.96 bits per heavy atom. The van der Waals surface area contributed by atoms with E-state index in [0.717, 1.165) is 16.5 Å². The van der Waals surface area contributed by atoms with Crippen molar-refractivity contribution in [3.8, 4) is 0 Å². The van der Waals surface area contributed by atoms with E-state index in [4.69, 9.17) is 4.74 Å². The number of para-hydroxylation sites is 1. The maximum Gasteiger partial charge on any atom is 0.331 e. The molecule has 7 heteroatoms. The lowest BCUT2D eigenvalue weighted by Gasteiger charge is -2.11. The summed E-state index contributed by atoms with van der Waals surface area (Å²) in [5, 5.41) is 5.22. The Bertz CT molecular complexity index is 796. The molecule has 7 nitrogen and oxygen atoms in total. The van der Waals surface area contributed by atoms with Gasteiger partial charge in [-0.05, 0) is 19.1 Å². The first-order chi connectivity index (χ1) is 11.5. The molecule has 24 heavy (non-hydrogen) atoms. The van der Waals surface area contributed by atoms with Gasteiger partial charge in [-0.3, -0.25) is 15.1 Å². The predicted octanol–water partition coefficient (Wildman–Crippen LogP) is 1.64. The van der Waals surface area contributed by atoms with Crippen molar-refractivity contribution < 1.29 is 19.1 Å². The van der Waals surface area contributed by atoms with Gasteiger partial charge in [0.2, 0.25) is 0 Å². The summed E-state index contributed by atoms with van der Waals surface area (Å²) in [7, 11) is 1.38. The monoisotopic (exact) mass is 327 g/mol. The lowest BCUT2D eigenvalue weighted by molar-refractivity contribution is -0.149. The molecule has 0 aliphatic carbocycles. The number of nitrogens with one attached hydrogen (secondary N) is 2. The number of carbonyl (C=O) groups is 3. The highest BCUT2D eigenvalue weighted by atomic mass is 16.5. The number of rotatable bonds is 4. The number of esters is 1. The summed E-state index contributed by atoms with van der Waals surface area (Å²) < 4.78 is 4.95. The average Bonchev–Trinajstić information content (AvgIpc) is 2.59. The van der Waals surface area contributed by atoms with Gasteiger partial charge in [-0.25, -0.2) is 9.59 Å². The standard InChI is InChI=1S/C17H17N3O4/c1-11(16(22)20-17(23)18-2)24-14(21)9-8-13-6-3-5-12-7-4-10-19-15(12)13/h3-11H,1-2H3,(H2,18,20,22,23)/b9-8+. The first-order valence-electron chi connectivity index (χ1n) is 7.26. The summed E-state index contributed by atoms with van der Waals surface area (Å²) in [4.78, 5) is 38.7. The highest BCUT2D eigenvalue weighted by Crippen LogP contribution is 2.17. The Kier molecular flexibility index (Phi) is 5.62. The minimum absolute atomic E-state index is 0.666. The van der Waals surface area contributed by atoms with E-state index in [1.54, 1.807) is 12.3 Å². The van der Waals surface area contributed by atoms with E-state index in [1.807, 2.05) is 35.6 Å². The van der Waals surface area contributed by atoms with Gasteiger partial charge in [-0.15, -0.1) is 0 Å². The fraction of sp³-hybridized carbons (Fsp3) is 0.176. The number of hydrogen-bond acceptors (Lipinski definition) is 5. The Morgan fingerprint density at radius 1 is 1.21 bits per heavy atom. The number of fused-ring (bicyclic) bond motifs is 1. The second kappa shape index (κ2) is 7.87. The molecule has 0 bridgehead atoms. The molecule has 1 aromatic carbocycles. The topological polar surface area (TPSA) is 97.4 Å². The van der Waals surface area contributed by atoms with Crippen LogP contribution >= 0.6 is 0 Å². The second-order valence-electron chi connectivity index (χ2n) is 4.90. The Morgan fingerprint density at radius 3 is 2.71 bits per heavy atom. The number of carbonyl (C=O) groups excluding carboxylic acids is 3. The third kappa shape index (κ3) is 4.39. The minimum atomic E-state index is -1.09. The van der Waals surface area contributed by atoms with Crippen molar-refractivity contribution >= 4 is 34.9 Å². The Hall–Kier alpha value is -3.22. The molecular weight excluding hydrogens is 310 g/mol. The number of amides is 3. The zero-order chi connectivity index (χ0) is 17.5. The van der Waals surface area contributed by atoms with E-state index in [2.05, 4.69) is 10.3 Å². The number of nitrogens with zero attached hydrogens (tertiary/aromatic N) is 1. The van der Waals surface area contributed by atoms with E-state index >= 15 is 0 Å². The van der Waals surface area contributed by atoms with E-state index in [-0.39, 0.29) is 0 Å². The summed E-state index contributed by atoms with van der Waals surface area (Å²) in [6, 6.07) is 8.68. The molecule has 0 aliphatic heterocycles. The van der Waals surface area contributed by atoms with Crippen molar-refractivity contribution in [3.05, 3.63) is 48.2 Å². The zero-order valence-electron chi connectivity index (χ0n) is 13.3. The molecule has 0 spiro atoms. The van der Waals surface area contributed by atoms with Crippen LogP contribution in [0.1, 0.15) is 12.5 Å². The molecule has 0 saturated carbocycles. The number of ether oxygens (including phenoxy) is 1. The molecule has 0 radical (unpaired) electrons. The van der Waals surface area contributed by atoms with Gasteiger partial charge >= 0.3 is 12.0 Å². The lowest BCUT2D eigenvalue weighted by Crippen LogP contribution is -2.43. The van der Waals surface area contributed by atoms with Gasteiger partial charge in [-0.2, -0.15) is 0 Å². The first-order valence-corrected chi connectivity index (χ1v) is 7.26. The van der Waals surface area contributed by atoms with Crippen LogP contribution in [0.3, 0.4) is 0 Å². The first kappa shape index (κ1) is 17.1. The molecule has 0 fully saturated rings. The van der Waals surface area contributed by atoms with E-state index in [0.29, 0.717) is 0 Å². The summed E-state index contributed by atoms with van der Waals surface area (Å²) >= 11 is 0. The fourth-order valence-electron chi connectivity index (χ4n) is 1.96. The van der Waals surface area contributed by atoms with Gasteiger partial charge in [0.05, 0.1) is 5.52 Å². The second-order valence-corrected chi connectivity index (χ2v) is 4.90.